The predicted octanol–water partition coefficient (Wildman–Crippen LogP) is 6.06. The molecule has 0 fully saturated rings. The van der Waals surface area contributed by atoms with Gasteiger partial charge < -0.3 is 0 Å². The van der Waals surface area contributed by atoms with Gasteiger partial charge in [0.25, 0.3) is 0 Å². The Balaban J connectivity index is 1.60. The summed E-state index contributed by atoms with van der Waals surface area (Å²) >= 11 is 7.19. The third kappa shape index (κ3) is 5.68. The molecule has 0 unspecified atom stereocenters. The molecule has 2 aromatic carbocycles. The van der Waals surface area contributed by atoms with Crippen LogP contribution in [0.15, 0.2) is 60.8 Å². The van der Waals surface area contributed by atoms with Gasteiger partial charge in [0.1, 0.15) is 0 Å². The molecule has 3 rings (SSSR count). The number of amides is 1. The minimum Gasteiger partial charge on any atom is -0.298 e. The summed E-state index contributed by atoms with van der Waals surface area (Å²) in [5.74, 6) is -0.468. The molecule has 1 aromatic heterocycles. The highest BCUT2D eigenvalue weighted by Gasteiger charge is 2.30. The number of nitrogens with zero attached hydrogens (tertiary/aromatic N) is 1. The molecule has 0 saturated heterocycles. The first kappa shape index (κ1) is 20.1. The number of alkyl halides is 3. The highest BCUT2D eigenvalue weighted by Crippen LogP contribution is 2.29. The van der Waals surface area contributed by atoms with Crippen LogP contribution in [0.4, 0.5) is 18.3 Å². The number of thiazole rings is 1. The zero-order valence-electron chi connectivity index (χ0n) is 14.3. The molecule has 0 aliphatic heterocycles. The number of nitrogens with one attached hydrogen (secondary N) is 1. The number of carbonyl (C=O) groups excluding carboxylic acids is 1. The number of rotatable bonds is 5. The average molecular weight is 423 g/mol. The van der Waals surface area contributed by atoms with Crippen molar-refractivity contribution in [3.63, 3.8) is 0 Å². The van der Waals surface area contributed by atoms with Crippen LogP contribution in [-0.4, -0.2) is 10.9 Å². The molecular weight excluding hydrogens is 409 g/mol. The van der Waals surface area contributed by atoms with Crippen LogP contribution in [0.2, 0.25) is 5.02 Å². The normalized spacial score (nSPS) is 11.7. The Kier molecular flexibility index (Phi) is 6.16. The number of hydrogen-bond donors (Lipinski definition) is 1. The van der Waals surface area contributed by atoms with E-state index in [9.17, 15) is 18.0 Å². The van der Waals surface area contributed by atoms with Gasteiger partial charge in [-0.2, -0.15) is 13.2 Å². The lowest BCUT2D eigenvalue weighted by Gasteiger charge is -2.06. The fraction of sp³-hybridized carbons (Fsp3) is 0.100. The summed E-state index contributed by atoms with van der Waals surface area (Å²) in [6, 6.07) is 12.2. The summed E-state index contributed by atoms with van der Waals surface area (Å²) in [6.45, 7) is 0. The predicted molar refractivity (Wildman–Crippen MR) is 105 cm³/mol. The highest BCUT2D eigenvalue weighted by molar-refractivity contribution is 7.15. The summed E-state index contributed by atoms with van der Waals surface area (Å²) in [7, 11) is 0. The number of halogens is 4. The van der Waals surface area contributed by atoms with Gasteiger partial charge in [0.05, 0.1) is 5.56 Å². The molecule has 0 bridgehead atoms. The van der Waals surface area contributed by atoms with Gasteiger partial charge in [0.2, 0.25) is 5.91 Å². The third-order valence-electron chi connectivity index (χ3n) is 3.72. The lowest BCUT2D eigenvalue weighted by Crippen LogP contribution is -2.07. The maximum atomic E-state index is 12.7. The van der Waals surface area contributed by atoms with E-state index in [1.165, 1.54) is 35.6 Å². The van der Waals surface area contributed by atoms with Crippen LogP contribution < -0.4 is 5.32 Å². The van der Waals surface area contributed by atoms with Gasteiger partial charge >= 0.3 is 6.18 Å². The van der Waals surface area contributed by atoms with Crippen molar-refractivity contribution in [3.8, 4) is 0 Å². The smallest absolute Gasteiger partial charge is 0.298 e. The first-order valence-electron chi connectivity index (χ1n) is 8.15. The minimum absolute atomic E-state index is 0.285. The topological polar surface area (TPSA) is 42.0 Å². The lowest BCUT2D eigenvalue weighted by molar-refractivity contribution is -0.137. The van der Waals surface area contributed by atoms with E-state index in [0.29, 0.717) is 16.6 Å². The van der Waals surface area contributed by atoms with Crippen molar-refractivity contribution in [2.75, 3.05) is 5.32 Å². The fourth-order valence-electron chi connectivity index (χ4n) is 2.39. The summed E-state index contributed by atoms with van der Waals surface area (Å²) in [5.41, 5.74) is 0.588. The molecule has 144 valence electrons. The zero-order chi connectivity index (χ0) is 20.1. The SMILES string of the molecule is O=C(C=Cc1cccc(C(F)(F)F)c1)Nc1ncc(Cc2ccc(Cl)cc2)s1. The van der Waals surface area contributed by atoms with E-state index in [1.54, 1.807) is 18.3 Å². The van der Waals surface area contributed by atoms with Gasteiger partial charge in [-0.05, 0) is 41.5 Å². The van der Waals surface area contributed by atoms with Crippen LogP contribution in [0.25, 0.3) is 6.08 Å². The average Bonchev–Trinajstić information content (AvgIpc) is 3.08. The second-order valence-electron chi connectivity index (χ2n) is 5.88. The molecular formula is C20H14ClF3N2OS. The van der Waals surface area contributed by atoms with Crippen molar-refractivity contribution in [1.29, 1.82) is 0 Å². The van der Waals surface area contributed by atoms with E-state index in [4.69, 9.17) is 11.6 Å². The van der Waals surface area contributed by atoms with E-state index in [2.05, 4.69) is 10.3 Å². The van der Waals surface area contributed by atoms with Gasteiger partial charge in [-0.25, -0.2) is 4.98 Å². The maximum absolute atomic E-state index is 12.7. The minimum atomic E-state index is -4.42. The molecule has 0 atom stereocenters. The number of benzene rings is 2. The molecule has 0 spiro atoms. The Morgan fingerprint density at radius 3 is 2.64 bits per heavy atom. The first-order valence-corrected chi connectivity index (χ1v) is 9.34. The Labute approximate surface area is 168 Å². The molecule has 3 nitrogen and oxygen atoms in total. The highest BCUT2D eigenvalue weighted by atomic mass is 35.5. The van der Waals surface area contributed by atoms with Crippen molar-refractivity contribution >= 4 is 40.1 Å². The summed E-state index contributed by atoms with van der Waals surface area (Å²) in [4.78, 5) is 17.1. The van der Waals surface area contributed by atoms with Crippen LogP contribution in [0.3, 0.4) is 0 Å². The second-order valence-corrected chi connectivity index (χ2v) is 7.43. The van der Waals surface area contributed by atoms with Crippen molar-refractivity contribution in [3.05, 3.63) is 87.4 Å². The Bertz CT molecular complexity index is 997. The van der Waals surface area contributed by atoms with E-state index in [0.717, 1.165) is 22.6 Å². The Morgan fingerprint density at radius 1 is 1.18 bits per heavy atom. The number of anilines is 1. The zero-order valence-corrected chi connectivity index (χ0v) is 15.9. The lowest BCUT2D eigenvalue weighted by atomic mass is 10.1. The fourth-order valence-corrected chi connectivity index (χ4v) is 3.36. The summed E-state index contributed by atoms with van der Waals surface area (Å²) in [6.07, 6.45) is 0.409. The van der Waals surface area contributed by atoms with Gasteiger partial charge in [0, 0.05) is 28.6 Å². The molecule has 1 N–H and O–H groups in total. The molecule has 8 heteroatoms. The van der Waals surface area contributed by atoms with Crippen LogP contribution in [0, 0.1) is 0 Å². The second kappa shape index (κ2) is 8.58. The maximum Gasteiger partial charge on any atom is 0.416 e. The van der Waals surface area contributed by atoms with E-state index in [1.807, 2.05) is 12.1 Å². The van der Waals surface area contributed by atoms with Crippen LogP contribution in [0.1, 0.15) is 21.6 Å². The Morgan fingerprint density at radius 2 is 1.93 bits per heavy atom. The molecule has 0 radical (unpaired) electrons. The number of carbonyl (C=O) groups is 1. The molecule has 0 aliphatic carbocycles. The summed E-state index contributed by atoms with van der Waals surface area (Å²) in [5, 5.41) is 3.69. The monoisotopic (exact) mass is 422 g/mol. The van der Waals surface area contributed by atoms with Crippen molar-refractivity contribution in [2.24, 2.45) is 0 Å². The molecule has 1 heterocycles. The number of hydrogen-bond acceptors (Lipinski definition) is 3. The molecule has 0 saturated carbocycles. The molecule has 3 aromatic rings. The van der Waals surface area contributed by atoms with E-state index in [-0.39, 0.29) is 5.56 Å². The molecule has 0 aliphatic rings. The van der Waals surface area contributed by atoms with E-state index >= 15 is 0 Å². The third-order valence-corrected chi connectivity index (χ3v) is 4.88. The Hall–Kier alpha value is -2.64. The van der Waals surface area contributed by atoms with Crippen molar-refractivity contribution in [2.45, 2.75) is 12.6 Å². The van der Waals surface area contributed by atoms with Crippen LogP contribution in [-0.2, 0) is 17.4 Å². The van der Waals surface area contributed by atoms with E-state index < -0.39 is 17.6 Å². The molecule has 28 heavy (non-hydrogen) atoms. The summed E-state index contributed by atoms with van der Waals surface area (Å²) < 4.78 is 38.1. The quantitative estimate of drug-likeness (QED) is 0.508. The van der Waals surface area contributed by atoms with Gasteiger partial charge in [0.15, 0.2) is 5.13 Å². The largest absolute Gasteiger partial charge is 0.416 e. The first-order chi connectivity index (χ1) is 13.3. The van der Waals surface area contributed by atoms with Crippen LogP contribution >= 0.6 is 22.9 Å². The van der Waals surface area contributed by atoms with Crippen molar-refractivity contribution < 1.29 is 18.0 Å². The van der Waals surface area contributed by atoms with Crippen LogP contribution in [0.5, 0.6) is 0 Å². The van der Waals surface area contributed by atoms with Gasteiger partial charge in [-0.15, -0.1) is 11.3 Å². The van der Waals surface area contributed by atoms with Gasteiger partial charge in [-0.1, -0.05) is 35.9 Å². The number of aromatic nitrogens is 1. The molecule has 1 amide bonds. The van der Waals surface area contributed by atoms with Crippen molar-refractivity contribution in [1.82, 2.24) is 4.98 Å². The van der Waals surface area contributed by atoms with Gasteiger partial charge in [-0.3, -0.25) is 10.1 Å². The standard InChI is InChI=1S/C20H14ClF3N2OS/c21-16-7-4-14(5-8-16)11-17-12-25-19(28-17)26-18(27)9-6-13-2-1-3-15(10-13)20(22,23)24/h1-10,12H,11H2,(H,25,26,27).